The van der Waals surface area contributed by atoms with Crippen LogP contribution in [0.3, 0.4) is 0 Å². The van der Waals surface area contributed by atoms with Gasteiger partial charge in [0.15, 0.2) is 16.6 Å². The Labute approximate surface area is 205 Å². The molecule has 0 saturated heterocycles. The summed E-state index contributed by atoms with van der Waals surface area (Å²) in [7, 11) is 1.23. The number of anilines is 1. The summed E-state index contributed by atoms with van der Waals surface area (Å²) in [5.41, 5.74) is 0.768. The van der Waals surface area contributed by atoms with Crippen LogP contribution in [-0.2, 0) is 16.1 Å². The topological polar surface area (TPSA) is 98.8 Å². The number of pyridine rings is 1. The molecule has 2 N–H and O–H groups in total. The Kier molecular flexibility index (Phi) is 8.26. The van der Waals surface area contributed by atoms with Gasteiger partial charge in [-0.05, 0) is 36.8 Å². The van der Waals surface area contributed by atoms with Crippen LogP contribution in [-0.4, -0.2) is 35.9 Å². The second kappa shape index (κ2) is 11.1. The van der Waals surface area contributed by atoms with Gasteiger partial charge in [-0.25, -0.2) is 14.6 Å². The van der Waals surface area contributed by atoms with Crippen molar-refractivity contribution in [2.24, 2.45) is 0 Å². The van der Waals surface area contributed by atoms with Crippen molar-refractivity contribution >= 4 is 69.2 Å². The Morgan fingerprint density at radius 2 is 1.85 bits per heavy atom. The molecular weight excluding hydrogens is 489 g/mol. The number of ether oxygens (including phenoxy) is 3. The van der Waals surface area contributed by atoms with Gasteiger partial charge >= 0.3 is 12.1 Å². The lowest BCUT2D eigenvalue weighted by Gasteiger charge is -2.18. The number of carbonyl (C=O) groups excluding carboxylic acids is 2. The Morgan fingerprint density at radius 1 is 1.12 bits per heavy atom. The lowest BCUT2D eigenvalue weighted by atomic mass is 10.1. The Morgan fingerprint density at radius 3 is 2.52 bits per heavy atom. The largest absolute Gasteiger partial charge is 0.486 e. The zero-order valence-corrected chi connectivity index (χ0v) is 19.9. The van der Waals surface area contributed by atoms with Crippen molar-refractivity contribution in [3.05, 3.63) is 63.8 Å². The number of hydrogen-bond acceptors (Lipinski definition) is 7. The van der Waals surface area contributed by atoms with E-state index >= 15 is 0 Å². The number of thiocarbonyl (C=S) groups is 1. The maximum atomic E-state index is 12.6. The predicted octanol–water partition coefficient (Wildman–Crippen LogP) is 5.35. The number of carbonyl (C=O) groups is 2. The van der Waals surface area contributed by atoms with Crippen LogP contribution < -0.4 is 15.4 Å². The summed E-state index contributed by atoms with van der Waals surface area (Å²) in [5.74, 6) is -0.501. The molecule has 3 aromatic rings. The number of nitrogens with zero attached hydrogens (tertiary/aromatic N) is 1. The zero-order valence-electron chi connectivity index (χ0n) is 17.6. The molecule has 11 heteroatoms. The zero-order chi connectivity index (χ0) is 24.0. The van der Waals surface area contributed by atoms with E-state index in [4.69, 9.17) is 49.6 Å². The van der Waals surface area contributed by atoms with Crippen LogP contribution in [0, 0.1) is 0 Å². The number of halogens is 2. The van der Waals surface area contributed by atoms with Gasteiger partial charge in [0, 0.05) is 10.8 Å². The molecule has 0 saturated carbocycles. The number of methoxy groups -OCH3 is 1. The van der Waals surface area contributed by atoms with Crippen molar-refractivity contribution in [1.29, 1.82) is 0 Å². The maximum absolute atomic E-state index is 12.6. The van der Waals surface area contributed by atoms with E-state index in [9.17, 15) is 9.59 Å². The van der Waals surface area contributed by atoms with E-state index in [2.05, 4.69) is 15.6 Å². The normalized spacial score (nSPS) is 10.4. The first-order valence-electron chi connectivity index (χ1n) is 9.67. The quantitative estimate of drug-likeness (QED) is 0.340. The third-order valence-electron chi connectivity index (χ3n) is 4.34. The second-order valence-corrected chi connectivity index (χ2v) is 7.68. The van der Waals surface area contributed by atoms with E-state index in [-0.39, 0.29) is 45.6 Å². The number of aromatic nitrogens is 1. The fourth-order valence-electron chi connectivity index (χ4n) is 2.92. The van der Waals surface area contributed by atoms with E-state index in [0.29, 0.717) is 10.8 Å². The van der Waals surface area contributed by atoms with Gasteiger partial charge in [-0.1, -0.05) is 53.5 Å². The second-order valence-electron chi connectivity index (χ2n) is 6.49. The van der Waals surface area contributed by atoms with E-state index in [1.807, 2.05) is 30.3 Å². The number of alkyl carbamates (subject to hydrolysis) is 1. The minimum absolute atomic E-state index is 0.0757. The van der Waals surface area contributed by atoms with Crippen molar-refractivity contribution in [2.75, 3.05) is 19.0 Å². The molecule has 0 unspecified atom stereocenters. The minimum atomic E-state index is -0.751. The summed E-state index contributed by atoms with van der Waals surface area (Å²) < 4.78 is 15.7. The monoisotopic (exact) mass is 507 g/mol. The first-order chi connectivity index (χ1) is 15.8. The fraction of sp³-hybridized carbons (Fsp3) is 0.182. The van der Waals surface area contributed by atoms with Crippen LogP contribution in [0.25, 0.3) is 10.8 Å². The average Bonchev–Trinajstić information content (AvgIpc) is 2.80. The first kappa shape index (κ1) is 24.5. The van der Waals surface area contributed by atoms with E-state index in [0.717, 1.165) is 5.56 Å². The van der Waals surface area contributed by atoms with Gasteiger partial charge in [-0.2, -0.15) is 0 Å². The molecule has 33 heavy (non-hydrogen) atoms. The third kappa shape index (κ3) is 5.81. The molecule has 0 bridgehead atoms. The van der Waals surface area contributed by atoms with Gasteiger partial charge < -0.3 is 19.5 Å². The lowest BCUT2D eigenvalue weighted by molar-refractivity contribution is 0.0589. The number of benzene rings is 2. The minimum Gasteiger partial charge on any atom is -0.486 e. The Bertz CT molecular complexity index is 1210. The standard InChI is InChI=1S/C22H19Cl2N3O5S/c1-3-31-22(29)27-21(33)26-19-15-13(9-10-14(23)16(15)24)18(17(25-19)20(28)30-2)32-11-12-7-5-4-6-8-12/h4-10H,3,11H2,1-2H3,(H2,25,26,27,29,33). The van der Waals surface area contributed by atoms with Crippen molar-refractivity contribution in [1.82, 2.24) is 10.3 Å². The molecule has 0 atom stereocenters. The van der Waals surface area contributed by atoms with Gasteiger partial charge in [0.2, 0.25) is 0 Å². The number of hydrogen-bond donors (Lipinski definition) is 2. The van der Waals surface area contributed by atoms with Gasteiger partial charge in [0.25, 0.3) is 0 Å². The van der Waals surface area contributed by atoms with E-state index in [1.54, 1.807) is 19.1 Å². The smallest absolute Gasteiger partial charge is 0.413 e. The molecule has 1 aromatic heterocycles. The summed E-state index contributed by atoms with van der Waals surface area (Å²) in [6.45, 7) is 1.98. The fourth-order valence-corrected chi connectivity index (χ4v) is 3.51. The van der Waals surface area contributed by atoms with Gasteiger partial charge in [-0.15, -0.1) is 0 Å². The SMILES string of the molecule is CCOC(=O)NC(=S)Nc1nc(C(=O)OC)c(OCc2ccccc2)c2ccc(Cl)c(Cl)c12. The number of fused-ring (bicyclic) bond motifs is 1. The summed E-state index contributed by atoms with van der Waals surface area (Å²) in [5, 5.41) is 6.18. The molecular formula is C22H19Cl2N3O5S. The maximum Gasteiger partial charge on any atom is 0.413 e. The molecule has 0 aliphatic heterocycles. The number of esters is 1. The highest BCUT2D eigenvalue weighted by Gasteiger charge is 2.24. The first-order valence-corrected chi connectivity index (χ1v) is 10.8. The Hall–Kier alpha value is -3.14. The van der Waals surface area contributed by atoms with Crippen molar-refractivity contribution in [3.63, 3.8) is 0 Å². The van der Waals surface area contributed by atoms with Gasteiger partial charge in [0.1, 0.15) is 12.4 Å². The molecule has 1 amide bonds. The molecule has 0 aliphatic rings. The molecule has 1 heterocycles. The highest BCUT2D eigenvalue weighted by atomic mass is 35.5. The number of amides is 1. The van der Waals surface area contributed by atoms with Crippen LogP contribution in [0.2, 0.25) is 10.0 Å². The van der Waals surface area contributed by atoms with Gasteiger partial charge in [0.05, 0.1) is 23.8 Å². The highest BCUT2D eigenvalue weighted by Crippen LogP contribution is 2.41. The van der Waals surface area contributed by atoms with Crippen molar-refractivity contribution in [2.45, 2.75) is 13.5 Å². The summed E-state index contributed by atoms with van der Waals surface area (Å²) in [6.07, 6.45) is -0.751. The predicted molar refractivity (Wildman–Crippen MR) is 130 cm³/mol. The highest BCUT2D eigenvalue weighted by molar-refractivity contribution is 7.80. The van der Waals surface area contributed by atoms with Crippen LogP contribution in [0.1, 0.15) is 23.0 Å². The van der Waals surface area contributed by atoms with Gasteiger partial charge in [-0.3, -0.25) is 5.32 Å². The molecule has 172 valence electrons. The molecule has 0 spiro atoms. The van der Waals surface area contributed by atoms with Crippen molar-refractivity contribution < 1.29 is 23.8 Å². The van der Waals surface area contributed by atoms with E-state index < -0.39 is 12.1 Å². The average molecular weight is 508 g/mol. The number of rotatable bonds is 6. The Balaban J connectivity index is 2.11. The van der Waals surface area contributed by atoms with Crippen LogP contribution in [0.5, 0.6) is 5.75 Å². The summed E-state index contributed by atoms with van der Waals surface area (Å²) in [4.78, 5) is 28.6. The molecule has 3 rings (SSSR count). The van der Waals surface area contributed by atoms with Crippen LogP contribution in [0.4, 0.5) is 10.6 Å². The van der Waals surface area contributed by atoms with Crippen LogP contribution in [0.15, 0.2) is 42.5 Å². The van der Waals surface area contributed by atoms with Crippen molar-refractivity contribution in [3.8, 4) is 5.75 Å². The molecule has 0 aliphatic carbocycles. The lowest BCUT2D eigenvalue weighted by Crippen LogP contribution is -2.35. The summed E-state index contributed by atoms with van der Waals surface area (Å²) in [6, 6.07) is 12.6. The molecule has 0 fully saturated rings. The van der Waals surface area contributed by atoms with E-state index in [1.165, 1.54) is 7.11 Å². The van der Waals surface area contributed by atoms with Crippen LogP contribution >= 0.6 is 35.4 Å². The molecule has 2 aromatic carbocycles. The molecule has 0 radical (unpaired) electrons. The third-order valence-corrected chi connectivity index (χ3v) is 5.35. The molecule has 8 nitrogen and oxygen atoms in total. The summed E-state index contributed by atoms with van der Waals surface area (Å²) >= 11 is 17.9. The number of nitrogens with one attached hydrogen (secondary N) is 2.